The molecule has 31 heavy (non-hydrogen) atoms. The van der Waals surface area contributed by atoms with Gasteiger partial charge in [0.25, 0.3) is 0 Å². The molecule has 0 radical (unpaired) electrons. The van der Waals surface area contributed by atoms with E-state index in [2.05, 4.69) is 28.0 Å². The fraction of sp³-hybridized carbons (Fsp3) is 0.750. The van der Waals surface area contributed by atoms with Gasteiger partial charge in [-0.15, -0.1) is 0 Å². The van der Waals surface area contributed by atoms with E-state index in [-0.39, 0.29) is 12.2 Å². The zero-order valence-electron chi connectivity index (χ0n) is 18.8. The average Bonchev–Trinajstić information content (AvgIpc) is 3.51. The SMILES string of the molecule is NCCCN1CCN(Cc2ccc(OCC3CCCO3)cc2OCC2CCCO2)CC1. The first-order valence-corrected chi connectivity index (χ1v) is 12.1. The van der Waals surface area contributed by atoms with E-state index >= 15 is 0 Å². The molecule has 1 aromatic rings. The Labute approximate surface area is 186 Å². The standard InChI is InChI=1S/C24H39N3O4/c25-8-3-9-26-10-12-27(13-11-26)17-20-6-7-21(30-18-22-4-1-14-28-22)16-24(20)31-19-23-5-2-15-29-23/h6-7,16,22-23H,1-5,8-15,17-19,25H2. The van der Waals surface area contributed by atoms with Crippen molar-refractivity contribution in [1.29, 1.82) is 0 Å². The molecular formula is C24H39N3O4. The second-order valence-corrected chi connectivity index (χ2v) is 8.92. The Hall–Kier alpha value is -1.38. The van der Waals surface area contributed by atoms with Gasteiger partial charge in [-0.05, 0) is 51.3 Å². The first kappa shape index (κ1) is 22.8. The molecule has 3 heterocycles. The maximum absolute atomic E-state index is 6.26. The van der Waals surface area contributed by atoms with Crippen LogP contribution in [-0.4, -0.2) is 87.7 Å². The van der Waals surface area contributed by atoms with Gasteiger partial charge in [0.1, 0.15) is 24.7 Å². The number of nitrogens with zero attached hydrogens (tertiary/aromatic N) is 2. The van der Waals surface area contributed by atoms with Crippen molar-refractivity contribution >= 4 is 0 Å². The summed E-state index contributed by atoms with van der Waals surface area (Å²) in [6, 6.07) is 6.29. The van der Waals surface area contributed by atoms with E-state index < -0.39 is 0 Å². The summed E-state index contributed by atoms with van der Waals surface area (Å²) in [6.07, 6.45) is 5.91. The highest BCUT2D eigenvalue weighted by Crippen LogP contribution is 2.28. The van der Waals surface area contributed by atoms with Gasteiger partial charge in [0.05, 0.1) is 12.2 Å². The third-order valence-electron chi connectivity index (χ3n) is 6.48. The van der Waals surface area contributed by atoms with Crippen LogP contribution < -0.4 is 15.2 Å². The summed E-state index contributed by atoms with van der Waals surface area (Å²) in [7, 11) is 0. The quantitative estimate of drug-likeness (QED) is 0.574. The highest BCUT2D eigenvalue weighted by atomic mass is 16.5. The smallest absolute Gasteiger partial charge is 0.127 e. The van der Waals surface area contributed by atoms with E-state index in [1.165, 1.54) is 5.56 Å². The third kappa shape index (κ3) is 7.05. The van der Waals surface area contributed by atoms with Crippen molar-refractivity contribution in [3.8, 4) is 11.5 Å². The Kier molecular flexibility index (Phi) is 8.84. The summed E-state index contributed by atoms with van der Waals surface area (Å²) in [5, 5.41) is 0. The average molecular weight is 434 g/mol. The molecule has 7 heteroatoms. The molecule has 0 saturated carbocycles. The Morgan fingerprint density at radius 2 is 1.58 bits per heavy atom. The molecule has 1 aromatic carbocycles. The predicted octanol–water partition coefficient (Wildman–Crippen LogP) is 2.27. The predicted molar refractivity (Wildman–Crippen MR) is 121 cm³/mol. The molecule has 0 bridgehead atoms. The largest absolute Gasteiger partial charge is 0.491 e. The van der Waals surface area contributed by atoms with E-state index in [0.29, 0.717) is 13.2 Å². The molecule has 0 aromatic heterocycles. The number of hydrogen-bond acceptors (Lipinski definition) is 7. The lowest BCUT2D eigenvalue weighted by Gasteiger charge is -2.35. The molecule has 0 amide bonds. The van der Waals surface area contributed by atoms with Crippen molar-refractivity contribution in [1.82, 2.24) is 9.80 Å². The lowest BCUT2D eigenvalue weighted by atomic mass is 10.1. The molecule has 3 aliphatic rings. The number of ether oxygens (including phenoxy) is 4. The Morgan fingerprint density at radius 1 is 0.903 bits per heavy atom. The van der Waals surface area contributed by atoms with Crippen LogP contribution in [0.5, 0.6) is 11.5 Å². The minimum Gasteiger partial charge on any atom is -0.491 e. The molecule has 3 aliphatic heterocycles. The van der Waals surface area contributed by atoms with Gasteiger partial charge < -0.3 is 29.6 Å². The van der Waals surface area contributed by atoms with Crippen LogP contribution in [-0.2, 0) is 16.0 Å². The van der Waals surface area contributed by atoms with Gasteiger partial charge in [0.2, 0.25) is 0 Å². The molecule has 2 atom stereocenters. The van der Waals surface area contributed by atoms with Crippen LogP contribution in [0.1, 0.15) is 37.7 Å². The molecule has 0 aliphatic carbocycles. The van der Waals surface area contributed by atoms with E-state index in [0.717, 1.165) is 103 Å². The maximum atomic E-state index is 6.26. The highest BCUT2D eigenvalue weighted by molar-refractivity contribution is 5.41. The maximum Gasteiger partial charge on any atom is 0.127 e. The van der Waals surface area contributed by atoms with Crippen molar-refractivity contribution in [3.05, 3.63) is 23.8 Å². The van der Waals surface area contributed by atoms with Gasteiger partial charge in [-0.1, -0.05) is 6.07 Å². The summed E-state index contributed by atoms with van der Waals surface area (Å²) in [4.78, 5) is 5.03. The zero-order chi connectivity index (χ0) is 21.3. The summed E-state index contributed by atoms with van der Waals surface area (Å²) in [5.74, 6) is 1.78. The van der Waals surface area contributed by atoms with Crippen molar-refractivity contribution < 1.29 is 18.9 Å². The van der Waals surface area contributed by atoms with Gasteiger partial charge in [-0.3, -0.25) is 4.90 Å². The van der Waals surface area contributed by atoms with Crippen LogP contribution in [0.15, 0.2) is 18.2 Å². The second kappa shape index (κ2) is 12.0. The van der Waals surface area contributed by atoms with Crippen LogP contribution in [0.4, 0.5) is 0 Å². The van der Waals surface area contributed by atoms with Crippen LogP contribution in [0, 0.1) is 0 Å². The molecular weight excluding hydrogens is 394 g/mol. The third-order valence-corrected chi connectivity index (χ3v) is 6.48. The van der Waals surface area contributed by atoms with Gasteiger partial charge in [0, 0.05) is 57.6 Å². The topological polar surface area (TPSA) is 69.4 Å². The van der Waals surface area contributed by atoms with Gasteiger partial charge in [0.15, 0.2) is 0 Å². The lowest BCUT2D eigenvalue weighted by Crippen LogP contribution is -2.46. The number of nitrogens with two attached hydrogens (primary N) is 1. The van der Waals surface area contributed by atoms with Gasteiger partial charge >= 0.3 is 0 Å². The summed E-state index contributed by atoms with van der Waals surface area (Å²) < 4.78 is 23.7. The zero-order valence-corrected chi connectivity index (χ0v) is 18.8. The second-order valence-electron chi connectivity index (χ2n) is 8.92. The number of piperazine rings is 1. The fourth-order valence-corrected chi connectivity index (χ4v) is 4.54. The fourth-order valence-electron chi connectivity index (χ4n) is 4.54. The van der Waals surface area contributed by atoms with Crippen molar-refractivity contribution in [2.24, 2.45) is 5.73 Å². The van der Waals surface area contributed by atoms with Crippen molar-refractivity contribution in [2.75, 3.05) is 65.7 Å². The molecule has 174 valence electrons. The van der Waals surface area contributed by atoms with Crippen molar-refractivity contribution in [2.45, 2.75) is 50.9 Å². The van der Waals surface area contributed by atoms with Crippen LogP contribution in [0.2, 0.25) is 0 Å². The van der Waals surface area contributed by atoms with E-state index in [4.69, 9.17) is 24.7 Å². The van der Waals surface area contributed by atoms with E-state index in [9.17, 15) is 0 Å². The number of benzene rings is 1. The first-order valence-electron chi connectivity index (χ1n) is 12.1. The van der Waals surface area contributed by atoms with E-state index in [1.807, 2.05) is 0 Å². The summed E-state index contributed by atoms with van der Waals surface area (Å²) >= 11 is 0. The number of rotatable bonds is 11. The molecule has 2 N–H and O–H groups in total. The molecule has 2 unspecified atom stereocenters. The highest BCUT2D eigenvalue weighted by Gasteiger charge is 2.21. The monoisotopic (exact) mass is 433 g/mol. The minimum atomic E-state index is 0.204. The Balaban J connectivity index is 1.35. The molecule has 3 saturated heterocycles. The Morgan fingerprint density at radius 3 is 2.23 bits per heavy atom. The van der Waals surface area contributed by atoms with Crippen LogP contribution in [0.3, 0.4) is 0 Å². The van der Waals surface area contributed by atoms with Gasteiger partial charge in [-0.2, -0.15) is 0 Å². The molecule has 4 rings (SSSR count). The first-order chi connectivity index (χ1) is 15.3. The van der Waals surface area contributed by atoms with Crippen molar-refractivity contribution in [3.63, 3.8) is 0 Å². The van der Waals surface area contributed by atoms with Gasteiger partial charge in [-0.25, -0.2) is 0 Å². The molecule has 3 fully saturated rings. The lowest BCUT2D eigenvalue weighted by molar-refractivity contribution is 0.0647. The Bertz CT molecular complexity index is 654. The molecule has 7 nitrogen and oxygen atoms in total. The summed E-state index contributed by atoms with van der Waals surface area (Å²) in [5.41, 5.74) is 6.88. The van der Waals surface area contributed by atoms with Crippen LogP contribution >= 0.6 is 0 Å². The van der Waals surface area contributed by atoms with E-state index in [1.54, 1.807) is 0 Å². The summed E-state index contributed by atoms with van der Waals surface area (Å²) in [6.45, 7) is 10.1. The van der Waals surface area contributed by atoms with Crippen LogP contribution in [0.25, 0.3) is 0 Å². The number of hydrogen-bond donors (Lipinski definition) is 1. The minimum absolute atomic E-state index is 0.204. The molecule has 0 spiro atoms. The normalized spacial score (nSPS) is 25.2.